The molecule has 0 spiro atoms. The van der Waals surface area contributed by atoms with Gasteiger partial charge in [-0.1, -0.05) is 12.1 Å². The Morgan fingerprint density at radius 3 is 2.92 bits per heavy atom. The smallest absolute Gasteiger partial charge is 0.0639 e. The summed E-state index contributed by atoms with van der Waals surface area (Å²) < 4.78 is 0. The molecule has 1 aliphatic carbocycles. The molecule has 2 nitrogen and oxygen atoms in total. The second-order valence-corrected chi connectivity index (χ2v) is 3.46. The minimum atomic E-state index is 1.14. The van der Waals surface area contributed by atoms with Gasteiger partial charge in [-0.25, -0.2) is 0 Å². The normalized spacial score (nSPS) is 15.2. The number of rotatable bonds is 2. The summed E-state index contributed by atoms with van der Waals surface area (Å²) in [5.41, 5.74) is 6.99. The van der Waals surface area contributed by atoms with E-state index >= 15 is 0 Å². The van der Waals surface area contributed by atoms with Crippen LogP contribution in [0.15, 0.2) is 18.2 Å². The minimum Gasteiger partial charge on any atom is -0.279 e. The molecule has 0 saturated heterocycles. The quantitative estimate of drug-likeness (QED) is 0.701. The zero-order valence-electron chi connectivity index (χ0n) is 7.97. The van der Waals surface area contributed by atoms with Crippen LogP contribution >= 0.6 is 0 Å². The van der Waals surface area contributed by atoms with E-state index in [-0.39, 0.29) is 0 Å². The van der Waals surface area contributed by atoms with Crippen molar-refractivity contribution in [1.82, 2.24) is 0 Å². The third-order valence-corrected chi connectivity index (χ3v) is 2.61. The van der Waals surface area contributed by atoms with Crippen LogP contribution < -0.4 is 5.48 Å². The van der Waals surface area contributed by atoms with Crippen LogP contribution in [-0.4, -0.2) is 7.11 Å². The van der Waals surface area contributed by atoms with E-state index in [1.54, 1.807) is 7.11 Å². The minimum absolute atomic E-state index is 1.14. The van der Waals surface area contributed by atoms with E-state index in [1.807, 2.05) is 0 Å². The zero-order valence-corrected chi connectivity index (χ0v) is 7.97. The molecular formula is C11H15NO. The number of fused-ring (bicyclic) bond motifs is 1. The molecule has 1 aromatic rings. The van der Waals surface area contributed by atoms with Crippen molar-refractivity contribution in [3.05, 3.63) is 29.3 Å². The maximum Gasteiger partial charge on any atom is 0.0639 e. The van der Waals surface area contributed by atoms with E-state index in [1.165, 1.54) is 36.8 Å². The zero-order chi connectivity index (χ0) is 9.10. The van der Waals surface area contributed by atoms with Crippen LogP contribution in [0, 0.1) is 0 Å². The maximum atomic E-state index is 4.94. The Balaban J connectivity index is 2.34. The number of hydrogen-bond donors (Lipinski definition) is 1. The average molecular weight is 177 g/mol. The van der Waals surface area contributed by atoms with Crippen LogP contribution in [0.1, 0.15) is 24.0 Å². The topological polar surface area (TPSA) is 21.3 Å². The van der Waals surface area contributed by atoms with Gasteiger partial charge in [0.05, 0.1) is 12.8 Å². The van der Waals surface area contributed by atoms with Crippen LogP contribution in [0.3, 0.4) is 0 Å². The summed E-state index contributed by atoms with van der Waals surface area (Å²) in [6, 6.07) is 6.38. The molecule has 13 heavy (non-hydrogen) atoms. The van der Waals surface area contributed by atoms with E-state index in [2.05, 4.69) is 23.7 Å². The second-order valence-electron chi connectivity index (χ2n) is 3.46. The molecule has 2 heteroatoms. The molecule has 0 aliphatic heterocycles. The molecule has 0 radical (unpaired) electrons. The van der Waals surface area contributed by atoms with Gasteiger partial charge in [0.15, 0.2) is 0 Å². The Hall–Kier alpha value is -1.02. The van der Waals surface area contributed by atoms with Gasteiger partial charge in [-0.2, -0.15) is 0 Å². The highest BCUT2D eigenvalue weighted by molar-refractivity contribution is 5.54. The maximum absolute atomic E-state index is 4.94. The van der Waals surface area contributed by atoms with Crippen LogP contribution in [-0.2, 0) is 17.7 Å². The van der Waals surface area contributed by atoms with Crippen molar-refractivity contribution in [1.29, 1.82) is 0 Å². The highest BCUT2D eigenvalue weighted by Crippen LogP contribution is 2.27. The molecule has 0 heterocycles. The van der Waals surface area contributed by atoms with Crippen molar-refractivity contribution in [3.63, 3.8) is 0 Å². The molecule has 1 aliphatic rings. The van der Waals surface area contributed by atoms with Gasteiger partial charge in [-0.15, -0.1) is 0 Å². The summed E-state index contributed by atoms with van der Waals surface area (Å²) in [5, 5.41) is 0. The number of aryl methyl sites for hydroxylation is 1. The fourth-order valence-corrected chi connectivity index (χ4v) is 1.99. The third-order valence-electron chi connectivity index (χ3n) is 2.61. The van der Waals surface area contributed by atoms with E-state index in [9.17, 15) is 0 Å². The summed E-state index contributed by atoms with van der Waals surface area (Å²) in [6.45, 7) is 0. The summed E-state index contributed by atoms with van der Waals surface area (Å²) >= 11 is 0. The summed E-state index contributed by atoms with van der Waals surface area (Å²) in [4.78, 5) is 4.94. The number of hydrogen-bond acceptors (Lipinski definition) is 2. The molecule has 0 unspecified atom stereocenters. The molecule has 70 valence electrons. The monoisotopic (exact) mass is 177 g/mol. The van der Waals surface area contributed by atoms with Gasteiger partial charge < -0.3 is 0 Å². The van der Waals surface area contributed by atoms with Gasteiger partial charge >= 0.3 is 0 Å². The Kier molecular flexibility index (Phi) is 2.50. The first kappa shape index (κ1) is 8.57. The largest absolute Gasteiger partial charge is 0.279 e. The van der Waals surface area contributed by atoms with Gasteiger partial charge in [-0.05, 0) is 42.9 Å². The van der Waals surface area contributed by atoms with E-state index in [4.69, 9.17) is 4.84 Å². The highest BCUT2D eigenvalue weighted by atomic mass is 16.6. The molecule has 2 rings (SSSR count). The fourth-order valence-electron chi connectivity index (χ4n) is 1.99. The Morgan fingerprint density at radius 1 is 1.23 bits per heavy atom. The van der Waals surface area contributed by atoms with Gasteiger partial charge in [0.25, 0.3) is 0 Å². The standard InChI is InChI=1S/C11H15NO/c1-13-12-11-8-4-6-9-5-2-3-7-10(9)11/h4,6,8,12H,2-3,5,7H2,1H3. The molecule has 0 bridgehead atoms. The van der Waals surface area contributed by atoms with Crippen molar-refractivity contribution in [3.8, 4) is 0 Å². The lowest BCUT2D eigenvalue weighted by molar-refractivity contribution is 0.270. The lowest BCUT2D eigenvalue weighted by Crippen LogP contribution is -2.07. The SMILES string of the molecule is CONc1cccc2c1CCCC2. The second kappa shape index (κ2) is 3.79. The third kappa shape index (κ3) is 1.68. The predicted molar refractivity (Wildman–Crippen MR) is 53.7 cm³/mol. The molecular weight excluding hydrogens is 162 g/mol. The summed E-state index contributed by atoms with van der Waals surface area (Å²) in [7, 11) is 1.65. The lowest BCUT2D eigenvalue weighted by atomic mass is 9.91. The Morgan fingerprint density at radius 2 is 2.08 bits per heavy atom. The summed E-state index contributed by atoms with van der Waals surface area (Å²) in [5.74, 6) is 0. The lowest BCUT2D eigenvalue weighted by Gasteiger charge is -2.19. The molecule has 0 fully saturated rings. The van der Waals surface area contributed by atoms with Crippen molar-refractivity contribution >= 4 is 5.69 Å². The predicted octanol–water partition coefficient (Wildman–Crippen LogP) is 2.54. The molecule has 1 N–H and O–H groups in total. The summed E-state index contributed by atoms with van der Waals surface area (Å²) in [6.07, 6.45) is 5.02. The van der Waals surface area contributed by atoms with Gasteiger partial charge in [0, 0.05) is 0 Å². The molecule has 0 saturated carbocycles. The molecule has 0 amide bonds. The highest BCUT2D eigenvalue weighted by Gasteiger charge is 2.11. The van der Waals surface area contributed by atoms with Crippen LogP contribution in [0.25, 0.3) is 0 Å². The Bertz CT molecular complexity index is 296. The van der Waals surface area contributed by atoms with Crippen molar-refractivity contribution in [2.75, 3.05) is 12.6 Å². The van der Waals surface area contributed by atoms with E-state index < -0.39 is 0 Å². The van der Waals surface area contributed by atoms with Gasteiger partial charge in [0.2, 0.25) is 0 Å². The van der Waals surface area contributed by atoms with Crippen LogP contribution in [0.5, 0.6) is 0 Å². The van der Waals surface area contributed by atoms with Crippen molar-refractivity contribution in [2.45, 2.75) is 25.7 Å². The van der Waals surface area contributed by atoms with Crippen molar-refractivity contribution < 1.29 is 4.84 Å². The van der Waals surface area contributed by atoms with Crippen LogP contribution in [0.2, 0.25) is 0 Å². The first-order valence-electron chi connectivity index (χ1n) is 4.81. The van der Waals surface area contributed by atoms with Gasteiger partial charge in [-0.3, -0.25) is 10.3 Å². The molecule has 1 aromatic carbocycles. The average Bonchev–Trinajstić information content (AvgIpc) is 2.19. The fraction of sp³-hybridized carbons (Fsp3) is 0.455. The van der Waals surface area contributed by atoms with Crippen LogP contribution in [0.4, 0.5) is 5.69 Å². The Labute approximate surface area is 78.9 Å². The first-order chi connectivity index (χ1) is 6.42. The molecule has 0 atom stereocenters. The molecule has 0 aromatic heterocycles. The van der Waals surface area contributed by atoms with E-state index in [0.717, 1.165) is 5.69 Å². The number of nitrogens with one attached hydrogen (secondary N) is 1. The first-order valence-corrected chi connectivity index (χ1v) is 4.81. The van der Waals surface area contributed by atoms with E-state index in [0.29, 0.717) is 0 Å². The van der Waals surface area contributed by atoms with Crippen molar-refractivity contribution in [2.24, 2.45) is 0 Å². The number of benzene rings is 1. The number of anilines is 1. The van der Waals surface area contributed by atoms with Gasteiger partial charge in [0.1, 0.15) is 0 Å².